The van der Waals surface area contributed by atoms with E-state index in [0.717, 1.165) is 10.9 Å². The molecule has 0 spiro atoms. The highest BCUT2D eigenvalue weighted by Gasteiger charge is 2.14. The largest absolute Gasteiger partial charge is 0.451 e. The minimum Gasteiger partial charge on any atom is -0.451 e. The molecule has 1 atom stereocenters. The van der Waals surface area contributed by atoms with Gasteiger partial charge < -0.3 is 10.1 Å². The molecule has 0 unspecified atom stereocenters. The second kappa shape index (κ2) is 7.57. The second-order valence-corrected chi connectivity index (χ2v) is 5.67. The molecular formula is C20H18N2O3. The Kier molecular flexibility index (Phi) is 5.04. The molecule has 25 heavy (non-hydrogen) atoms. The van der Waals surface area contributed by atoms with Crippen molar-refractivity contribution in [3.05, 3.63) is 78.0 Å². The minimum atomic E-state index is -0.617. The van der Waals surface area contributed by atoms with Gasteiger partial charge in [-0.15, -0.1) is 0 Å². The van der Waals surface area contributed by atoms with Gasteiger partial charge in [-0.1, -0.05) is 54.6 Å². The maximum absolute atomic E-state index is 12.1. The summed E-state index contributed by atoms with van der Waals surface area (Å²) in [6.07, 6.45) is 0. The summed E-state index contributed by atoms with van der Waals surface area (Å²) in [6.45, 7) is 1.53. The fourth-order valence-corrected chi connectivity index (χ4v) is 2.49. The molecule has 5 heteroatoms. The van der Waals surface area contributed by atoms with E-state index in [1.807, 2.05) is 61.5 Å². The summed E-state index contributed by atoms with van der Waals surface area (Å²) in [5, 5.41) is 3.73. The van der Waals surface area contributed by atoms with Crippen molar-refractivity contribution in [2.45, 2.75) is 13.0 Å². The van der Waals surface area contributed by atoms with Gasteiger partial charge in [0.1, 0.15) is 5.69 Å². The van der Waals surface area contributed by atoms with Crippen LogP contribution in [0.5, 0.6) is 0 Å². The van der Waals surface area contributed by atoms with Gasteiger partial charge in [0.2, 0.25) is 0 Å². The highest BCUT2D eigenvalue weighted by molar-refractivity contribution is 5.92. The lowest BCUT2D eigenvalue weighted by Gasteiger charge is -2.14. The van der Waals surface area contributed by atoms with E-state index in [2.05, 4.69) is 10.3 Å². The number of esters is 1. The number of ether oxygens (including phenoxy) is 1. The van der Waals surface area contributed by atoms with Crippen LogP contribution in [0.2, 0.25) is 0 Å². The smallest absolute Gasteiger partial charge is 0.357 e. The topological polar surface area (TPSA) is 68.3 Å². The molecule has 5 nitrogen and oxygen atoms in total. The van der Waals surface area contributed by atoms with Gasteiger partial charge in [-0.3, -0.25) is 4.79 Å². The van der Waals surface area contributed by atoms with E-state index in [9.17, 15) is 9.59 Å². The normalized spacial score (nSPS) is 11.7. The van der Waals surface area contributed by atoms with Crippen molar-refractivity contribution < 1.29 is 14.3 Å². The standard InChI is InChI=1S/C20H18N2O3/c1-14(15-7-3-2-4-8-15)21-19(23)13-25-20(24)18-12-11-16-9-5-6-10-17(16)22-18/h2-12,14H,13H2,1H3,(H,21,23)/t14-/m0/s1. The first kappa shape index (κ1) is 16.6. The predicted molar refractivity (Wildman–Crippen MR) is 95.0 cm³/mol. The molecule has 0 radical (unpaired) electrons. The van der Waals surface area contributed by atoms with Crippen molar-refractivity contribution in [2.24, 2.45) is 0 Å². The monoisotopic (exact) mass is 334 g/mol. The van der Waals surface area contributed by atoms with Gasteiger partial charge in [0.15, 0.2) is 6.61 Å². The number of hydrogen-bond donors (Lipinski definition) is 1. The average molecular weight is 334 g/mol. The molecule has 1 aromatic heterocycles. The number of pyridine rings is 1. The summed E-state index contributed by atoms with van der Waals surface area (Å²) in [5.41, 5.74) is 1.88. The minimum absolute atomic E-state index is 0.161. The Morgan fingerprint density at radius 2 is 1.72 bits per heavy atom. The lowest BCUT2D eigenvalue weighted by molar-refractivity contribution is -0.124. The number of hydrogen-bond acceptors (Lipinski definition) is 4. The van der Waals surface area contributed by atoms with Gasteiger partial charge in [0, 0.05) is 5.39 Å². The van der Waals surface area contributed by atoms with Gasteiger partial charge >= 0.3 is 5.97 Å². The number of nitrogens with zero attached hydrogens (tertiary/aromatic N) is 1. The molecule has 0 aliphatic heterocycles. The van der Waals surface area contributed by atoms with Crippen molar-refractivity contribution in [3.63, 3.8) is 0 Å². The van der Waals surface area contributed by atoms with Crippen LogP contribution in [0.1, 0.15) is 29.0 Å². The summed E-state index contributed by atoms with van der Waals surface area (Å²) in [5.74, 6) is -0.973. The number of fused-ring (bicyclic) bond motifs is 1. The maximum Gasteiger partial charge on any atom is 0.357 e. The summed E-state index contributed by atoms with van der Waals surface area (Å²) in [4.78, 5) is 28.3. The maximum atomic E-state index is 12.1. The molecule has 1 amide bonds. The molecule has 3 aromatic rings. The van der Waals surface area contributed by atoms with Crippen LogP contribution in [0.25, 0.3) is 10.9 Å². The van der Waals surface area contributed by atoms with Crippen LogP contribution in [-0.4, -0.2) is 23.5 Å². The Labute approximate surface area is 145 Å². The Hall–Kier alpha value is -3.21. The fraction of sp³-hybridized carbons (Fsp3) is 0.150. The molecule has 0 bridgehead atoms. The number of amides is 1. The Morgan fingerprint density at radius 1 is 1.00 bits per heavy atom. The fourth-order valence-electron chi connectivity index (χ4n) is 2.49. The molecule has 0 saturated heterocycles. The average Bonchev–Trinajstić information content (AvgIpc) is 2.66. The van der Waals surface area contributed by atoms with Crippen molar-refractivity contribution >= 4 is 22.8 Å². The van der Waals surface area contributed by atoms with Gasteiger partial charge in [-0.05, 0) is 24.6 Å². The number of carbonyl (C=O) groups excluding carboxylic acids is 2. The third-order valence-corrected chi connectivity index (χ3v) is 3.82. The van der Waals surface area contributed by atoms with E-state index in [1.54, 1.807) is 12.1 Å². The first-order valence-corrected chi connectivity index (χ1v) is 8.01. The van der Waals surface area contributed by atoms with E-state index in [4.69, 9.17) is 4.74 Å². The van der Waals surface area contributed by atoms with E-state index in [0.29, 0.717) is 5.52 Å². The quantitative estimate of drug-likeness (QED) is 0.727. The highest BCUT2D eigenvalue weighted by Crippen LogP contribution is 2.13. The third-order valence-electron chi connectivity index (χ3n) is 3.82. The Balaban J connectivity index is 1.56. The number of benzene rings is 2. The van der Waals surface area contributed by atoms with Crippen molar-refractivity contribution in [1.29, 1.82) is 0 Å². The lowest BCUT2D eigenvalue weighted by Crippen LogP contribution is -2.31. The Morgan fingerprint density at radius 3 is 2.52 bits per heavy atom. The summed E-state index contributed by atoms with van der Waals surface area (Å²) in [6, 6.07) is 20.3. The molecule has 1 heterocycles. The highest BCUT2D eigenvalue weighted by atomic mass is 16.5. The van der Waals surface area contributed by atoms with Crippen LogP contribution < -0.4 is 5.32 Å². The van der Waals surface area contributed by atoms with Crippen molar-refractivity contribution in [3.8, 4) is 0 Å². The van der Waals surface area contributed by atoms with Gasteiger partial charge in [0.05, 0.1) is 11.6 Å². The second-order valence-electron chi connectivity index (χ2n) is 5.67. The SMILES string of the molecule is C[C@H](NC(=O)COC(=O)c1ccc2ccccc2n1)c1ccccc1. The van der Waals surface area contributed by atoms with Crippen molar-refractivity contribution in [2.75, 3.05) is 6.61 Å². The molecule has 0 aliphatic carbocycles. The number of nitrogens with one attached hydrogen (secondary N) is 1. The first-order valence-electron chi connectivity index (χ1n) is 8.01. The van der Waals surface area contributed by atoms with E-state index in [1.165, 1.54) is 0 Å². The summed E-state index contributed by atoms with van der Waals surface area (Å²) < 4.78 is 5.06. The van der Waals surface area contributed by atoms with Gasteiger partial charge in [-0.2, -0.15) is 0 Å². The zero-order valence-electron chi connectivity index (χ0n) is 13.8. The molecule has 2 aromatic carbocycles. The van der Waals surface area contributed by atoms with Crippen LogP contribution >= 0.6 is 0 Å². The number of aromatic nitrogens is 1. The number of para-hydroxylation sites is 1. The van der Waals surface area contributed by atoms with Gasteiger partial charge in [0.25, 0.3) is 5.91 Å². The number of carbonyl (C=O) groups is 2. The van der Waals surface area contributed by atoms with Crippen LogP contribution in [0, 0.1) is 0 Å². The zero-order valence-corrected chi connectivity index (χ0v) is 13.8. The van der Waals surface area contributed by atoms with Crippen LogP contribution in [0.15, 0.2) is 66.7 Å². The predicted octanol–water partition coefficient (Wildman–Crippen LogP) is 3.27. The molecule has 0 saturated carbocycles. The number of rotatable bonds is 5. The third kappa shape index (κ3) is 4.20. The first-order chi connectivity index (χ1) is 12.1. The van der Waals surface area contributed by atoms with E-state index < -0.39 is 5.97 Å². The molecule has 126 valence electrons. The molecular weight excluding hydrogens is 316 g/mol. The van der Waals surface area contributed by atoms with Crippen LogP contribution in [-0.2, 0) is 9.53 Å². The molecule has 3 rings (SSSR count). The molecule has 0 fully saturated rings. The summed E-state index contributed by atoms with van der Waals surface area (Å²) in [7, 11) is 0. The summed E-state index contributed by atoms with van der Waals surface area (Å²) >= 11 is 0. The molecule has 1 N–H and O–H groups in total. The molecule has 0 aliphatic rings. The Bertz CT molecular complexity index is 894. The van der Waals surface area contributed by atoms with Gasteiger partial charge in [-0.25, -0.2) is 9.78 Å². The van der Waals surface area contributed by atoms with Crippen LogP contribution in [0.3, 0.4) is 0 Å². The van der Waals surface area contributed by atoms with E-state index >= 15 is 0 Å². The van der Waals surface area contributed by atoms with Crippen molar-refractivity contribution in [1.82, 2.24) is 10.3 Å². The lowest BCUT2D eigenvalue weighted by atomic mass is 10.1. The zero-order chi connectivity index (χ0) is 17.6. The van der Waals surface area contributed by atoms with E-state index in [-0.39, 0.29) is 24.2 Å². The van der Waals surface area contributed by atoms with Crippen LogP contribution in [0.4, 0.5) is 0 Å².